The van der Waals surface area contributed by atoms with Crippen LogP contribution in [0.3, 0.4) is 0 Å². The Hall–Kier alpha value is -2.53. The number of aryl methyl sites for hydroxylation is 1. The monoisotopic (exact) mass is 326 g/mol. The smallest absolute Gasteiger partial charge is 0.231 e. The molecule has 0 unspecified atom stereocenters. The molecule has 1 aliphatic rings. The third kappa shape index (κ3) is 4.26. The van der Waals surface area contributed by atoms with Gasteiger partial charge in [0.1, 0.15) is 0 Å². The van der Waals surface area contributed by atoms with E-state index in [4.69, 9.17) is 9.47 Å². The van der Waals surface area contributed by atoms with Crippen molar-refractivity contribution < 1.29 is 14.3 Å². The third-order valence-corrected chi connectivity index (χ3v) is 4.03. The van der Waals surface area contributed by atoms with Crippen LogP contribution in [0.15, 0.2) is 42.5 Å². The van der Waals surface area contributed by atoms with Crippen LogP contribution in [-0.2, 0) is 17.9 Å². The molecule has 0 fully saturated rings. The van der Waals surface area contributed by atoms with Crippen LogP contribution in [0.2, 0.25) is 0 Å². The minimum absolute atomic E-state index is 0.0523. The number of ether oxygens (including phenoxy) is 2. The summed E-state index contributed by atoms with van der Waals surface area (Å²) in [6.45, 7) is 4.24. The van der Waals surface area contributed by atoms with Crippen molar-refractivity contribution in [2.75, 3.05) is 13.3 Å². The number of fused-ring (bicyclic) bond motifs is 1. The number of nitrogens with one attached hydrogen (secondary N) is 2. The van der Waals surface area contributed by atoms with Crippen molar-refractivity contribution >= 4 is 5.91 Å². The Balaban J connectivity index is 1.36. The second kappa shape index (κ2) is 7.84. The lowest BCUT2D eigenvalue weighted by Gasteiger charge is -2.09. The molecule has 0 spiro atoms. The fourth-order valence-corrected chi connectivity index (χ4v) is 2.58. The summed E-state index contributed by atoms with van der Waals surface area (Å²) in [4.78, 5) is 11.9. The van der Waals surface area contributed by atoms with Crippen LogP contribution < -0.4 is 20.1 Å². The van der Waals surface area contributed by atoms with Gasteiger partial charge < -0.3 is 20.1 Å². The van der Waals surface area contributed by atoms with Crippen molar-refractivity contribution in [3.8, 4) is 11.5 Å². The summed E-state index contributed by atoms with van der Waals surface area (Å²) in [6.07, 6.45) is 0.455. The number of hydrogen-bond acceptors (Lipinski definition) is 4. The van der Waals surface area contributed by atoms with Gasteiger partial charge in [0, 0.05) is 26.1 Å². The summed E-state index contributed by atoms with van der Waals surface area (Å²) in [5, 5.41) is 6.23. The van der Waals surface area contributed by atoms with Gasteiger partial charge in [-0.15, -0.1) is 0 Å². The summed E-state index contributed by atoms with van der Waals surface area (Å²) in [5.74, 6) is 1.62. The minimum atomic E-state index is 0.0523. The number of carbonyl (C=O) groups excluding carboxylic acids is 1. The van der Waals surface area contributed by atoms with Crippen LogP contribution >= 0.6 is 0 Å². The lowest BCUT2D eigenvalue weighted by atomic mass is 10.1. The van der Waals surface area contributed by atoms with E-state index in [1.807, 2.05) is 36.4 Å². The largest absolute Gasteiger partial charge is 0.454 e. The van der Waals surface area contributed by atoms with E-state index >= 15 is 0 Å². The number of hydrogen-bond donors (Lipinski definition) is 2. The summed E-state index contributed by atoms with van der Waals surface area (Å²) >= 11 is 0. The standard InChI is InChI=1S/C19H22N2O3/c1-14-4-2-3-5-16(14)12-21-19(22)8-9-20-11-15-6-7-17-18(10-15)24-13-23-17/h2-7,10,20H,8-9,11-13H2,1H3,(H,21,22). The molecular formula is C19H22N2O3. The van der Waals surface area contributed by atoms with Crippen LogP contribution in [0.5, 0.6) is 11.5 Å². The number of carbonyl (C=O) groups is 1. The molecule has 5 heteroatoms. The first kappa shape index (κ1) is 16.3. The molecule has 24 heavy (non-hydrogen) atoms. The zero-order valence-electron chi connectivity index (χ0n) is 13.8. The zero-order chi connectivity index (χ0) is 16.8. The predicted molar refractivity (Wildman–Crippen MR) is 91.9 cm³/mol. The van der Waals surface area contributed by atoms with Crippen molar-refractivity contribution in [1.82, 2.24) is 10.6 Å². The van der Waals surface area contributed by atoms with Crippen LogP contribution in [0.4, 0.5) is 0 Å². The molecular weight excluding hydrogens is 304 g/mol. The maximum absolute atomic E-state index is 11.9. The van der Waals surface area contributed by atoms with Crippen molar-refractivity contribution in [3.63, 3.8) is 0 Å². The van der Waals surface area contributed by atoms with Gasteiger partial charge in [-0.2, -0.15) is 0 Å². The molecule has 0 saturated heterocycles. The molecule has 2 N–H and O–H groups in total. The van der Waals surface area contributed by atoms with Gasteiger partial charge in [0.05, 0.1) is 0 Å². The van der Waals surface area contributed by atoms with Gasteiger partial charge >= 0.3 is 0 Å². The van der Waals surface area contributed by atoms with E-state index < -0.39 is 0 Å². The highest BCUT2D eigenvalue weighted by molar-refractivity contribution is 5.76. The topological polar surface area (TPSA) is 59.6 Å². The van der Waals surface area contributed by atoms with Gasteiger partial charge in [0.25, 0.3) is 0 Å². The molecule has 3 rings (SSSR count). The lowest BCUT2D eigenvalue weighted by molar-refractivity contribution is -0.121. The van der Waals surface area contributed by atoms with E-state index in [1.165, 1.54) is 5.56 Å². The summed E-state index contributed by atoms with van der Waals surface area (Å²) < 4.78 is 10.6. The maximum Gasteiger partial charge on any atom is 0.231 e. The van der Waals surface area contributed by atoms with Gasteiger partial charge in [-0.3, -0.25) is 4.79 Å². The van der Waals surface area contributed by atoms with Gasteiger partial charge in [0.15, 0.2) is 11.5 Å². The molecule has 126 valence electrons. The maximum atomic E-state index is 11.9. The summed E-state index contributed by atoms with van der Waals surface area (Å²) in [5.41, 5.74) is 3.46. The molecule has 2 aromatic carbocycles. The normalized spacial score (nSPS) is 12.2. The molecule has 5 nitrogen and oxygen atoms in total. The Morgan fingerprint density at radius 2 is 1.92 bits per heavy atom. The zero-order valence-corrected chi connectivity index (χ0v) is 13.8. The molecule has 0 aromatic heterocycles. The van der Waals surface area contributed by atoms with Crippen LogP contribution in [0, 0.1) is 6.92 Å². The molecule has 2 aromatic rings. The average Bonchev–Trinajstić information content (AvgIpc) is 3.06. The SMILES string of the molecule is Cc1ccccc1CNC(=O)CCNCc1ccc2c(c1)OCO2. The Kier molecular flexibility index (Phi) is 5.33. The minimum Gasteiger partial charge on any atom is -0.454 e. The second-order valence-corrected chi connectivity index (χ2v) is 5.82. The number of benzene rings is 2. The average molecular weight is 326 g/mol. The van der Waals surface area contributed by atoms with Gasteiger partial charge in [-0.05, 0) is 35.7 Å². The van der Waals surface area contributed by atoms with Crippen LogP contribution in [0.1, 0.15) is 23.1 Å². The van der Waals surface area contributed by atoms with Crippen LogP contribution in [0.25, 0.3) is 0 Å². The summed E-state index contributed by atoms with van der Waals surface area (Å²) in [6, 6.07) is 13.9. The van der Waals surface area contributed by atoms with Crippen molar-refractivity contribution in [2.24, 2.45) is 0 Å². The van der Waals surface area contributed by atoms with E-state index in [9.17, 15) is 4.79 Å². The Bertz CT molecular complexity index is 716. The predicted octanol–water partition coefficient (Wildman–Crippen LogP) is 2.52. The highest BCUT2D eigenvalue weighted by atomic mass is 16.7. The van der Waals surface area contributed by atoms with Crippen molar-refractivity contribution in [2.45, 2.75) is 26.4 Å². The Morgan fingerprint density at radius 3 is 2.79 bits per heavy atom. The molecule has 0 atom stereocenters. The first-order chi connectivity index (χ1) is 11.7. The van der Waals surface area contributed by atoms with Crippen molar-refractivity contribution in [3.05, 3.63) is 59.2 Å². The van der Waals surface area contributed by atoms with Gasteiger partial charge in [0.2, 0.25) is 12.7 Å². The molecule has 0 bridgehead atoms. The first-order valence-electron chi connectivity index (χ1n) is 8.13. The Labute approximate surface area is 142 Å². The highest BCUT2D eigenvalue weighted by Gasteiger charge is 2.12. The van der Waals surface area contributed by atoms with E-state index in [0.29, 0.717) is 26.1 Å². The molecule has 1 aliphatic heterocycles. The molecule has 0 saturated carbocycles. The molecule has 0 aliphatic carbocycles. The fourth-order valence-electron chi connectivity index (χ4n) is 2.58. The lowest BCUT2D eigenvalue weighted by Crippen LogP contribution is -2.27. The fraction of sp³-hybridized carbons (Fsp3) is 0.316. The number of amides is 1. The summed E-state index contributed by atoms with van der Waals surface area (Å²) in [7, 11) is 0. The quantitative estimate of drug-likeness (QED) is 0.768. The van der Waals surface area contributed by atoms with Gasteiger partial charge in [-0.25, -0.2) is 0 Å². The Morgan fingerprint density at radius 1 is 1.08 bits per heavy atom. The second-order valence-electron chi connectivity index (χ2n) is 5.82. The van der Waals surface area contributed by atoms with Gasteiger partial charge in [-0.1, -0.05) is 30.3 Å². The number of rotatable bonds is 7. The molecule has 0 radical (unpaired) electrons. The van der Waals surface area contributed by atoms with E-state index in [-0.39, 0.29) is 12.7 Å². The molecule has 1 heterocycles. The highest BCUT2D eigenvalue weighted by Crippen LogP contribution is 2.32. The van der Waals surface area contributed by atoms with Crippen molar-refractivity contribution in [1.29, 1.82) is 0 Å². The first-order valence-corrected chi connectivity index (χ1v) is 8.13. The third-order valence-electron chi connectivity index (χ3n) is 4.03. The van der Waals surface area contributed by atoms with E-state index in [2.05, 4.69) is 23.6 Å². The molecule has 1 amide bonds. The van der Waals surface area contributed by atoms with E-state index in [1.54, 1.807) is 0 Å². The van der Waals surface area contributed by atoms with E-state index in [0.717, 1.165) is 22.6 Å². The van der Waals surface area contributed by atoms with Crippen LogP contribution in [-0.4, -0.2) is 19.2 Å².